The Morgan fingerprint density at radius 1 is 1.22 bits per heavy atom. The molecule has 8 nitrogen and oxygen atoms in total. The van der Waals surface area contributed by atoms with Crippen molar-refractivity contribution >= 4 is 12.0 Å². The van der Waals surface area contributed by atoms with Gasteiger partial charge >= 0.3 is 6.03 Å². The summed E-state index contributed by atoms with van der Waals surface area (Å²) in [5, 5.41) is 8.99. The van der Waals surface area contributed by atoms with E-state index < -0.39 is 0 Å². The van der Waals surface area contributed by atoms with Crippen LogP contribution in [-0.2, 0) is 9.47 Å². The van der Waals surface area contributed by atoms with Gasteiger partial charge in [-0.3, -0.25) is 0 Å². The predicted octanol–water partition coefficient (Wildman–Crippen LogP) is 1.57. The zero-order valence-electron chi connectivity index (χ0n) is 15.4. The number of urea groups is 1. The lowest BCUT2D eigenvalue weighted by Crippen LogP contribution is -2.48. The molecule has 27 heavy (non-hydrogen) atoms. The fourth-order valence-corrected chi connectivity index (χ4v) is 4.19. The summed E-state index contributed by atoms with van der Waals surface area (Å²) in [5.41, 5.74) is 1.12. The first-order valence-electron chi connectivity index (χ1n) is 9.72. The second kappa shape index (κ2) is 8.22. The molecule has 1 aliphatic carbocycles. The molecule has 8 heteroatoms. The molecular formula is C19H27N5O3. The third-order valence-electron chi connectivity index (χ3n) is 5.54. The van der Waals surface area contributed by atoms with Crippen molar-refractivity contribution in [3.05, 3.63) is 30.6 Å². The molecule has 0 radical (unpaired) electrons. The van der Waals surface area contributed by atoms with Gasteiger partial charge in [0.2, 0.25) is 5.95 Å². The van der Waals surface area contributed by atoms with Crippen molar-refractivity contribution in [3.63, 3.8) is 0 Å². The summed E-state index contributed by atoms with van der Waals surface area (Å²) >= 11 is 0. The summed E-state index contributed by atoms with van der Waals surface area (Å²) in [6.07, 6.45) is 8.12. The van der Waals surface area contributed by atoms with Gasteiger partial charge in [-0.05, 0) is 18.9 Å². The molecule has 1 aromatic heterocycles. The predicted molar refractivity (Wildman–Crippen MR) is 101 cm³/mol. The van der Waals surface area contributed by atoms with Gasteiger partial charge < -0.3 is 25.4 Å². The standard InChI is InChI=1S/C19H27N5O3/c1-2-8-21-19(25)24-15-11-27-16-14(10-26-17(15)16)23-18-20-9-7-13(22-18)12-5-3-4-6-12/h2,7,9,12,14-17H,1,3-6,8,10-11H2,(H,20,22,23)(H2,21,24,25)/t14-,15+,16-,17+/m0/s1. The molecule has 1 aromatic rings. The lowest BCUT2D eigenvalue weighted by Gasteiger charge is -2.19. The summed E-state index contributed by atoms with van der Waals surface area (Å²) in [6, 6.07) is 1.58. The maximum Gasteiger partial charge on any atom is 0.315 e. The molecule has 3 fully saturated rings. The zero-order valence-corrected chi connectivity index (χ0v) is 15.4. The maximum atomic E-state index is 11.9. The Morgan fingerprint density at radius 2 is 1.96 bits per heavy atom. The van der Waals surface area contributed by atoms with Crippen molar-refractivity contribution in [2.24, 2.45) is 0 Å². The monoisotopic (exact) mass is 373 g/mol. The average Bonchev–Trinajstić information content (AvgIpc) is 3.41. The van der Waals surface area contributed by atoms with Crippen molar-refractivity contribution in [1.29, 1.82) is 0 Å². The molecule has 0 unspecified atom stereocenters. The first-order chi connectivity index (χ1) is 13.2. The molecule has 1 saturated carbocycles. The van der Waals surface area contributed by atoms with Crippen molar-refractivity contribution in [2.75, 3.05) is 25.1 Å². The molecule has 3 aliphatic rings. The van der Waals surface area contributed by atoms with Crippen molar-refractivity contribution < 1.29 is 14.3 Å². The number of nitrogens with one attached hydrogen (secondary N) is 3. The lowest BCUT2D eigenvalue weighted by molar-refractivity contribution is 0.0682. The number of fused-ring (bicyclic) bond motifs is 1. The number of amides is 2. The van der Waals surface area contributed by atoms with Crippen molar-refractivity contribution in [2.45, 2.75) is 55.9 Å². The molecule has 3 heterocycles. The average molecular weight is 373 g/mol. The minimum Gasteiger partial charge on any atom is -0.371 e. The molecule has 0 spiro atoms. The quantitative estimate of drug-likeness (QED) is 0.655. The number of nitrogens with zero attached hydrogens (tertiary/aromatic N) is 2. The molecule has 3 N–H and O–H groups in total. The van der Waals surface area contributed by atoms with E-state index in [1.165, 1.54) is 25.7 Å². The van der Waals surface area contributed by atoms with Gasteiger partial charge in [-0.25, -0.2) is 14.8 Å². The summed E-state index contributed by atoms with van der Waals surface area (Å²) in [6.45, 7) is 4.94. The van der Waals surface area contributed by atoms with Crippen LogP contribution in [-0.4, -0.2) is 60.0 Å². The van der Waals surface area contributed by atoms with Crippen LogP contribution in [0.4, 0.5) is 10.7 Å². The van der Waals surface area contributed by atoms with Gasteiger partial charge in [0.15, 0.2) is 0 Å². The fraction of sp³-hybridized carbons (Fsp3) is 0.632. The van der Waals surface area contributed by atoms with Crippen LogP contribution in [0.1, 0.15) is 37.3 Å². The number of aromatic nitrogens is 2. The van der Waals surface area contributed by atoms with Crippen LogP contribution in [0.25, 0.3) is 0 Å². The Bertz CT molecular complexity index is 679. The van der Waals surface area contributed by atoms with Crippen molar-refractivity contribution in [1.82, 2.24) is 20.6 Å². The molecule has 2 saturated heterocycles. The van der Waals surface area contributed by atoms with Crippen LogP contribution in [0.5, 0.6) is 0 Å². The van der Waals surface area contributed by atoms with E-state index in [0.29, 0.717) is 31.6 Å². The molecular weight excluding hydrogens is 346 g/mol. The Morgan fingerprint density at radius 3 is 2.74 bits per heavy atom. The Kier molecular flexibility index (Phi) is 5.54. The Labute approximate surface area is 159 Å². The minimum atomic E-state index is -0.239. The Balaban J connectivity index is 1.34. The molecule has 0 aromatic carbocycles. The molecule has 4 atom stereocenters. The molecule has 4 rings (SSSR count). The number of hydrogen-bond donors (Lipinski definition) is 3. The van der Waals surface area contributed by atoms with Crippen molar-refractivity contribution in [3.8, 4) is 0 Å². The van der Waals surface area contributed by atoms with E-state index in [1.54, 1.807) is 6.08 Å². The highest BCUT2D eigenvalue weighted by molar-refractivity contribution is 5.74. The van der Waals surface area contributed by atoms with E-state index in [1.807, 2.05) is 12.3 Å². The van der Waals surface area contributed by atoms with E-state index in [-0.39, 0.29) is 30.3 Å². The van der Waals surface area contributed by atoms with Gasteiger partial charge in [0, 0.05) is 24.4 Å². The van der Waals surface area contributed by atoms with Gasteiger partial charge in [-0.2, -0.15) is 0 Å². The van der Waals surface area contributed by atoms with Gasteiger partial charge in [0.05, 0.1) is 25.3 Å². The molecule has 2 aliphatic heterocycles. The lowest BCUT2D eigenvalue weighted by atomic mass is 10.0. The molecule has 0 bridgehead atoms. The highest BCUT2D eigenvalue weighted by atomic mass is 16.6. The van der Waals surface area contributed by atoms with Gasteiger partial charge in [0.1, 0.15) is 12.2 Å². The molecule has 2 amide bonds. The number of hydrogen-bond acceptors (Lipinski definition) is 6. The number of rotatable bonds is 6. The van der Waals surface area contributed by atoms with Gasteiger partial charge in [0.25, 0.3) is 0 Å². The number of carbonyl (C=O) groups is 1. The fourth-order valence-electron chi connectivity index (χ4n) is 4.19. The maximum absolute atomic E-state index is 11.9. The van der Waals surface area contributed by atoms with E-state index in [0.717, 1.165) is 5.69 Å². The number of carbonyl (C=O) groups excluding carboxylic acids is 1. The van der Waals surface area contributed by atoms with E-state index in [4.69, 9.17) is 14.5 Å². The highest BCUT2D eigenvalue weighted by Gasteiger charge is 2.48. The first kappa shape index (κ1) is 18.2. The van der Waals surface area contributed by atoms with Crippen LogP contribution < -0.4 is 16.0 Å². The highest BCUT2D eigenvalue weighted by Crippen LogP contribution is 2.33. The summed E-state index contributed by atoms with van der Waals surface area (Å²) in [5.74, 6) is 1.17. The van der Waals surface area contributed by atoms with Crippen LogP contribution in [0, 0.1) is 0 Å². The summed E-state index contributed by atoms with van der Waals surface area (Å²) < 4.78 is 11.8. The van der Waals surface area contributed by atoms with Gasteiger partial charge in [-0.15, -0.1) is 6.58 Å². The second-order valence-electron chi connectivity index (χ2n) is 7.38. The summed E-state index contributed by atoms with van der Waals surface area (Å²) in [7, 11) is 0. The number of ether oxygens (including phenoxy) is 2. The second-order valence-corrected chi connectivity index (χ2v) is 7.38. The van der Waals surface area contributed by atoms with Gasteiger partial charge in [-0.1, -0.05) is 18.9 Å². The normalized spacial score (nSPS) is 30.1. The zero-order chi connectivity index (χ0) is 18.6. The SMILES string of the molecule is C=CCNC(=O)N[C@@H]1CO[C@@H]2[C@@H]1OC[C@@H]2Nc1nccc(C2CCCC2)n1. The topological polar surface area (TPSA) is 97.4 Å². The summed E-state index contributed by atoms with van der Waals surface area (Å²) in [4.78, 5) is 20.9. The van der Waals surface area contributed by atoms with Crippen LogP contribution in [0.15, 0.2) is 24.9 Å². The first-order valence-corrected chi connectivity index (χ1v) is 9.72. The largest absolute Gasteiger partial charge is 0.371 e. The van der Waals surface area contributed by atoms with Crippen LogP contribution in [0.2, 0.25) is 0 Å². The van der Waals surface area contributed by atoms with E-state index >= 15 is 0 Å². The van der Waals surface area contributed by atoms with E-state index in [9.17, 15) is 4.79 Å². The van der Waals surface area contributed by atoms with E-state index in [2.05, 4.69) is 27.5 Å². The third-order valence-corrected chi connectivity index (χ3v) is 5.54. The van der Waals surface area contributed by atoms with Crippen LogP contribution in [0.3, 0.4) is 0 Å². The Hall–Kier alpha value is -2.19. The smallest absolute Gasteiger partial charge is 0.315 e. The van der Waals surface area contributed by atoms with Crippen LogP contribution >= 0.6 is 0 Å². The third kappa shape index (κ3) is 4.06. The minimum absolute atomic E-state index is 0.0307. The molecule has 146 valence electrons. The number of anilines is 1.